The van der Waals surface area contributed by atoms with Gasteiger partial charge < -0.3 is 0 Å². The van der Waals surface area contributed by atoms with Gasteiger partial charge in [0.15, 0.2) is 0 Å². The fourth-order valence-corrected chi connectivity index (χ4v) is 1.99. The first-order valence-corrected chi connectivity index (χ1v) is 5.54. The molecule has 1 fully saturated rings. The molecule has 16 heavy (non-hydrogen) atoms. The van der Waals surface area contributed by atoms with Gasteiger partial charge in [-0.2, -0.15) is 0 Å². The van der Waals surface area contributed by atoms with Gasteiger partial charge in [0.05, 0.1) is 0 Å². The second-order valence-corrected chi connectivity index (χ2v) is 4.26. The van der Waals surface area contributed by atoms with E-state index in [1.807, 2.05) is 0 Å². The Labute approximate surface area is 103 Å². The zero-order chi connectivity index (χ0) is 11.7. The molecule has 2 rings (SSSR count). The van der Waals surface area contributed by atoms with Crippen LogP contribution in [0.25, 0.3) is 0 Å². The highest BCUT2D eigenvalue weighted by Gasteiger charge is 2.32. The molecule has 0 unspecified atom stereocenters. The number of hydrogen-bond donors (Lipinski definition) is 0. The third-order valence-corrected chi connectivity index (χ3v) is 3.02. The monoisotopic (exact) mass is 253 g/mol. The van der Waals surface area contributed by atoms with Crippen LogP contribution in [0.1, 0.15) is 18.4 Å². The Bertz CT molecular complexity index is 453. The zero-order valence-corrected chi connectivity index (χ0v) is 9.85. The summed E-state index contributed by atoms with van der Waals surface area (Å²) >= 11 is 10.9. The largest absolute Gasteiger partial charge is 0.274 e. The molecule has 0 radical (unpaired) electrons. The Morgan fingerprint density at radius 2 is 1.62 bits per heavy atom. The van der Waals surface area contributed by atoms with Crippen LogP contribution in [0.5, 0.6) is 0 Å². The summed E-state index contributed by atoms with van der Waals surface area (Å²) in [6, 6.07) is 6.75. The first-order valence-electron chi connectivity index (χ1n) is 4.75. The van der Waals surface area contributed by atoms with E-state index < -0.39 is 0 Å². The lowest BCUT2D eigenvalue weighted by Gasteiger charge is -2.14. The van der Waals surface area contributed by atoms with E-state index >= 15 is 0 Å². The molecule has 1 saturated heterocycles. The van der Waals surface area contributed by atoms with Crippen LogP contribution >= 0.6 is 23.8 Å². The lowest BCUT2D eigenvalue weighted by Crippen LogP contribution is -2.34. The number of thiocarbonyl (C=S) groups is 1. The van der Waals surface area contributed by atoms with Crippen molar-refractivity contribution in [2.75, 3.05) is 0 Å². The number of halogens is 1. The minimum absolute atomic E-state index is 0.232. The maximum atomic E-state index is 11.5. The first kappa shape index (κ1) is 11.2. The van der Waals surface area contributed by atoms with Crippen molar-refractivity contribution in [1.82, 2.24) is 4.90 Å². The van der Waals surface area contributed by atoms with Crippen molar-refractivity contribution in [2.45, 2.75) is 12.8 Å². The van der Waals surface area contributed by atoms with Crippen LogP contribution in [0.3, 0.4) is 0 Å². The highest BCUT2D eigenvalue weighted by molar-refractivity contribution is 7.80. The van der Waals surface area contributed by atoms with Gasteiger partial charge >= 0.3 is 0 Å². The highest BCUT2D eigenvalue weighted by atomic mass is 35.5. The van der Waals surface area contributed by atoms with Crippen molar-refractivity contribution >= 4 is 40.6 Å². The summed E-state index contributed by atoms with van der Waals surface area (Å²) in [6.07, 6.45) is 0.485. The summed E-state index contributed by atoms with van der Waals surface area (Å²) in [6.45, 7) is 0. The van der Waals surface area contributed by atoms with Gasteiger partial charge in [-0.25, -0.2) is 4.90 Å². The average Bonchev–Trinajstić information content (AvgIpc) is 2.59. The Balaban J connectivity index is 2.28. The topological polar surface area (TPSA) is 37.4 Å². The predicted octanol–water partition coefficient (Wildman–Crippen LogP) is 2.16. The molecule has 0 aliphatic carbocycles. The van der Waals surface area contributed by atoms with Gasteiger partial charge in [0, 0.05) is 23.4 Å². The predicted molar refractivity (Wildman–Crippen MR) is 64.2 cm³/mol. The van der Waals surface area contributed by atoms with Gasteiger partial charge in [-0.3, -0.25) is 9.59 Å². The molecular formula is C11H8ClNO2S. The van der Waals surface area contributed by atoms with Crippen LogP contribution in [0, 0.1) is 0 Å². The average molecular weight is 254 g/mol. The van der Waals surface area contributed by atoms with E-state index in [1.165, 1.54) is 0 Å². The summed E-state index contributed by atoms with van der Waals surface area (Å²) in [4.78, 5) is 24.2. The molecule has 3 nitrogen and oxygen atoms in total. The second kappa shape index (κ2) is 4.31. The maximum Gasteiger partial charge on any atom is 0.234 e. The van der Waals surface area contributed by atoms with E-state index in [0.717, 1.165) is 4.90 Å². The summed E-state index contributed by atoms with van der Waals surface area (Å²) in [5.74, 6) is -0.463. The van der Waals surface area contributed by atoms with Gasteiger partial charge in [0.2, 0.25) is 11.8 Å². The van der Waals surface area contributed by atoms with E-state index in [1.54, 1.807) is 24.3 Å². The van der Waals surface area contributed by atoms with Crippen molar-refractivity contribution in [2.24, 2.45) is 0 Å². The first-order chi connectivity index (χ1) is 7.59. The SMILES string of the molecule is O=C1CCC(=O)N1C(=S)c1ccc(Cl)cc1. The van der Waals surface area contributed by atoms with E-state index in [0.29, 0.717) is 10.6 Å². The number of benzene rings is 1. The molecule has 5 heteroatoms. The van der Waals surface area contributed by atoms with Crippen LogP contribution in [0.4, 0.5) is 0 Å². The third kappa shape index (κ3) is 1.99. The molecule has 0 saturated carbocycles. The van der Waals surface area contributed by atoms with Crippen LogP contribution in [0.2, 0.25) is 5.02 Å². The third-order valence-electron chi connectivity index (χ3n) is 2.35. The smallest absolute Gasteiger partial charge is 0.234 e. The molecule has 0 N–H and O–H groups in total. The van der Waals surface area contributed by atoms with Crippen molar-refractivity contribution in [3.63, 3.8) is 0 Å². The lowest BCUT2D eigenvalue weighted by atomic mass is 10.2. The fourth-order valence-electron chi connectivity index (χ4n) is 1.52. The van der Waals surface area contributed by atoms with Gasteiger partial charge in [-0.15, -0.1) is 0 Å². The molecule has 1 aromatic rings. The maximum absolute atomic E-state index is 11.5. The molecule has 1 aliphatic rings. The van der Waals surface area contributed by atoms with Crippen LogP contribution in [-0.4, -0.2) is 21.7 Å². The van der Waals surface area contributed by atoms with Gasteiger partial charge in [-0.05, 0) is 12.1 Å². The van der Waals surface area contributed by atoms with E-state index in [2.05, 4.69) is 0 Å². The minimum atomic E-state index is -0.232. The van der Waals surface area contributed by atoms with Gasteiger partial charge in [0.1, 0.15) is 4.99 Å². The summed E-state index contributed by atoms with van der Waals surface area (Å²) in [7, 11) is 0. The Kier molecular flexibility index (Phi) is 3.03. The lowest BCUT2D eigenvalue weighted by molar-refractivity contribution is -0.133. The molecule has 1 heterocycles. The van der Waals surface area contributed by atoms with Crippen LogP contribution < -0.4 is 0 Å². The molecule has 0 aromatic heterocycles. The van der Waals surface area contributed by atoms with E-state index in [4.69, 9.17) is 23.8 Å². The molecule has 1 aliphatic heterocycles. The van der Waals surface area contributed by atoms with Crippen LogP contribution in [0.15, 0.2) is 24.3 Å². The number of amides is 2. The summed E-state index contributed by atoms with van der Waals surface area (Å²) in [5.41, 5.74) is 0.656. The fraction of sp³-hybridized carbons (Fsp3) is 0.182. The van der Waals surface area contributed by atoms with Crippen molar-refractivity contribution < 1.29 is 9.59 Å². The molecule has 82 valence electrons. The normalized spacial score (nSPS) is 15.7. The van der Waals surface area contributed by atoms with Crippen molar-refractivity contribution in [1.29, 1.82) is 0 Å². The van der Waals surface area contributed by atoms with E-state index in [-0.39, 0.29) is 29.6 Å². The number of carbonyl (C=O) groups excluding carboxylic acids is 2. The van der Waals surface area contributed by atoms with Crippen molar-refractivity contribution in [3.05, 3.63) is 34.9 Å². The van der Waals surface area contributed by atoms with E-state index in [9.17, 15) is 9.59 Å². The van der Waals surface area contributed by atoms with Gasteiger partial charge in [-0.1, -0.05) is 36.0 Å². The standard InChI is InChI=1S/C11H8ClNO2S/c12-8-3-1-7(2-4-8)11(16)13-9(14)5-6-10(13)15/h1-4H,5-6H2. The quantitative estimate of drug-likeness (QED) is 0.569. The molecule has 2 amide bonds. The molecule has 0 spiro atoms. The van der Waals surface area contributed by atoms with Crippen molar-refractivity contribution in [3.8, 4) is 0 Å². The number of hydrogen-bond acceptors (Lipinski definition) is 3. The Morgan fingerprint density at radius 1 is 1.12 bits per heavy atom. The highest BCUT2D eigenvalue weighted by Crippen LogP contribution is 2.18. The number of imide groups is 1. The Morgan fingerprint density at radius 3 is 2.12 bits per heavy atom. The zero-order valence-electron chi connectivity index (χ0n) is 8.27. The molecule has 1 aromatic carbocycles. The molecule has 0 bridgehead atoms. The molecular weight excluding hydrogens is 246 g/mol. The second-order valence-electron chi connectivity index (χ2n) is 3.43. The Hall–Kier alpha value is -1.26. The molecule has 0 atom stereocenters. The minimum Gasteiger partial charge on any atom is -0.274 e. The number of nitrogens with zero attached hydrogens (tertiary/aromatic N) is 1. The number of carbonyl (C=O) groups is 2. The number of rotatable bonds is 1. The van der Waals surface area contributed by atoms with Crippen LogP contribution in [-0.2, 0) is 9.59 Å². The summed E-state index contributed by atoms with van der Waals surface area (Å²) in [5, 5.41) is 0.589. The van der Waals surface area contributed by atoms with Gasteiger partial charge in [0.25, 0.3) is 0 Å². The number of likely N-dealkylation sites (tertiary alicyclic amines) is 1. The summed E-state index contributed by atoms with van der Waals surface area (Å²) < 4.78 is 0.